The maximum absolute atomic E-state index is 12.3. The number of carbonyl (C=O) groups excluding carboxylic acids is 3. The molecule has 3 amide bonds. The second kappa shape index (κ2) is 7.57. The third-order valence-corrected chi connectivity index (χ3v) is 3.33. The summed E-state index contributed by atoms with van der Waals surface area (Å²) < 4.78 is 0. The second-order valence-corrected chi connectivity index (χ2v) is 4.45. The average molecular weight is 290 g/mol. The van der Waals surface area contributed by atoms with E-state index in [1.54, 1.807) is 13.0 Å². The monoisotopic (exact) mass is 290 g/mol. The second-order valence-electron chi connectivity index (χ2n) is 4.45. The zero-order valence-electron chi connectivity index (χ0n) is 12.8. The first kappa shape index (κ1) is 16.9. The predicted octanol–water partition coefficient (Wildman–Crippen LogP) is 1.72. The highest BCUT2D eigenvalue weighted by Crippen LogP contribution is 2.29. The molecule has 0 radical (unpaired) electrons. The molecule has 2 aliphatic heterocycles. The van der Waals surface area contributed by atoms with E-state index in [0.29, 0.717) is 24.1 Å². The van der Waals surface area contributed by atoms with Gasteiger partial charge in [-0.05, 0) is 25.8 Å². The van der Waals surface area contributed by atoms with Crippen LogP contribution in [0.5, 0.6) is 0 Å². The first-order chi connectivity index (χ1) is 10.1. The summed E-state index contributed by atoms with van der Waals surface area (Å²) in [6, 6.07) is -0.695. The van der Waals surface area contributed by atoms with Crippen LogP contribution >= 0.6 is 0 Å². The molecule has 5 heteroatoms. The topological polar surface area (TPSA) is 66.5 Å². The molecule has 0 saturated carbocycles. The molecule has 2 saturated heterocycles. The summed E-state index contributed by atoms with van der Waals surface area (Å²) >= 11 is 0. The van der Waals surface area contributed by atoms with E-state index in [-0.39, 0.29) is 5.91 Å². The molecule has 0 aromatic carbocycles. The Morgan fingerprint density at radius 1 is 1.19 bits per heavy atom. The summed E-state index contributed by atoms with van der Waals surface area (Å²) in [6.45, 7) is 9.83. The van der Waals surface area contributed by atoms with Gasteiger partial charge >= 0.3 is 0 Å². The number of carbonyl (C=O) groups is 3. The Morgan fingerprint density at radius 3 is 2.33 bits per heavy atom. The molecule has 21 heavy (non-hydrogen) atoms. The van der Waals surface area contributed by atoms with Gasteiger partial charge in [0.1, 0.15) is 6.04 Å². The van der Waals surface area contributed by atoms with Crippen molar-refractivity contribution in [3.63, 3.8) is 0 Å². The summed E-state index contributed by atoms with van der Waals surface area (Å²) in [5.74, 6) is -1.08. The summed E-state index contributed by atoms with van der Waals surface area (Å²) in [6.07, 6.45) is 5.85. The molecular weight excluding hydrogens is 268 g/mol. The lowest BCUT2D eigenvalue weighted by molar-refractivity contribution is -0.146. The van der Waals surface area contributed by atoms with E-state index in [9.17, 15) is 14.4 Å². The Hall–Kier alpha value is -2.17. The minimum Gasteiger partial charge on any atom is -0.354 e. The van der Waals surface area contributed by atoms with E-state index >= 15 is 0 Å². The number of allylic oxidation sites excluding steroid dienone is 3. The molecule has 0 aromatic rings. The minimum atomic E-state index is -0.695. The number of nitrogens with zero attached hydrogens (tertiary/aromatic N) is 1. The Labute approximate surface area is 125 Å². The van der Waals surface area contributed by atoms with E-state index in [2.05, 4.69) is 11.9 Å². The Balaban J connectivity index is 0.00000106. The van der Waals surface area contributed by atoms with Gasteiger partial charge in [-0.25, -0.2) is 0 Å². The number of likely N-dealkylation sites (tertiary alicyclic amines) is 1. The third-order valence-electron chi connectivity index (χ3n) is 3.33. The van der Waals surface area contributed by atoms with Crippen LogP contribution < -0.4 is 5.32 Å². The largest absolute Gasteiger partial charge is 0.354 e. The molecule has 0 aromatic heterocycles. The molecule has 0 spiro atoms. The molecule has 1 unspecified atom stereocenters. The highest BCUT2D eigenvalue weighted by atomic mass is 16.2. The molecule has 5 nitrogen and oxygen atoms in total. The van der Waals surface area contributed by atoms with Gasteiger partial charge in [0.15, 0.2) is 0 Å². The Bertz CT molecular complexity index is 518. The zero-order valence-corrected chi connectivity index (χ0v) is 12.8. The number of piperidine rings is 1. The van der Waals surface area contributed by atoms with Crippen LogP contribution in [0.1, 0.15) is 33.6 Å². The van der Waals surface area contributed by atoms with Crippen molar-refractivity contribution in [1.29, 1.82) is 0 Å². The Morgan fingerprint density at radius 2 is 1.81 bits per heavy atom. The van der Waals surface area contributed by atoms with Crippen LogP contribution in [0.3, 0.4) is 0 Å². The minimum absolute atomic E-state index is 0.261. The molecular formula is C16H22N2O3. The van der Waals surface area contributed by atoms with Crippen molar-refractivity contribution in [1.82, 2.24) is 10.2 Å². The van der Waals surface area contributed by atoms with Gasteiger partial charge in [-0.2, -0.15) is 0 Å². The number of hydrogen-bond donors (Lipinski definition) is 1. The van der Waals surface area contributed by atoms with Crippen LogP contribution in [-0.4, -0.2) is 35.2 Å². The van der Waals surface area contributed by atoms with Gasteiger partial charge in [-0.3, -0.25) is 19.3 Å². The third kappa shape index (κ3) is 3.12. The molecule has 114 valence electrons. The van der Waals surface area contributed by atoms with Crippen molar-refractivity contribution >= 4 is 17.7 Å². The van der Waals surface area contributed by atoms with Crippen molar-refractivity contribution in [3.8, 4) is 0 Å². The molecule has 2 fully saturated rings. The van der Waals surface area contributed by atoms with Gasteiger partial charge < -0.3 is 5.32 Å². The maximum atomic E-state index is 12.3. The van der Waals surface area contributed by atoms with Crippen LogP contribution in [0.2, 0.25) is 0 Å². The lowest BCUT2D eigenvalue weighted by Crippen LogP contribution is -2.52. The SMILES string of the molecule is C=C/C=C1/C(=O)N(C2CCCNC2=O)C(=O)/C1=C/C.CC. The highest BCUT2D eigenvalue weighted by molar-refractivity contribution is 6.25. The first-order valence-corrected chi connectivity index (χ1v) is 7.26. The quantitative estimate of drug-likeness (QED) is 0.622. The van der Waals surface area contributed by atoms with Crippen molar-refractivity contribution < 1.29 is 14.4 Å². The fourth-order valence-electron chi connectivity index (χ4n) is 2.43. The van der Waals surface area contributed by atoms with Crippen LogP contribution in [-0.2, 0) is 14.4 Å². The lowest BCUT2D eigenvalue weighted by atomic mass is 10.1. The fourth-order valence-corrected chi connectivity index (χ4v) is 2.43. The standard InChI is InChI=1S/C14H16N2O3.C2H6/c1-3-6-10-9(4-2)13(18)16(14(10)19)11-7-5-8-15-12(11)17;1-2/h3-4,6,11H,1,5,7-8H2,2H3,(H,15,17);1-2H3/b9-4+,10-6+;. The van der Waals surface area contributed by atoms with Crippen LogP contribution in [0.4, 0.5) is 0 Å². The van der Waals surface area contributed by atoms with E-state index < -0.39 is 17.9 Å². The highest BCUT2D eigenvalue weighted by Gasteiger charge is 2.44. The predicted molar refractivity (Wildman–Crippen MR) is 81.3 cm³/mol. The number of rotatable bonds is 2. The molecule has 2 heterocycles. The fraction of sp³-hybridized carbons (Fsp3) is 0.438. The van der Waals surface area contributed by atoms with Crippen LogP contribution in [0.25, 0.3) is 0 Å². The number of imide groups is 1. The van der Waals surface area contributed by atoms with Crippen molar-refractivity contribution in [2.75, 3.05) is 6.54 Å². The van der Waals surface area contributed by atoms with Gasteiger partial charge in [0.2, 0.25) is 5.91 Å². The van der Waals surface area contributed by atoms with Gasteiger partial charge in [0.05, 0.1) is 5.57 Å². The number of hydrogen-bond acceptors (Lipinski definition) is 3. The van der Waals surface area contributed by atoms with E-state index in [4.69, 9.17) is 0 Å². The van der Waals surface area contributed by atoms with Crippen molar-refractivity contribution in [3.05, 3.63) is 36.0 Å². The van der Waals surface area contributed by atoms with E-state index in [0.717, 1.165) is 11.3 Å². The molecule has 0 bridgehead atoms. The van der Waals surface area contributed by atoms with Gasteiger partial charge in [-0.15, -0.1) is 0 Å². The average Bonchev–Trinajstić information content (AvgIpc) is 2.73. The van der Waals surface area contributed by atoms with E-state index in [1.807, 2.05) is 13.8 Å². The van der Waals surface area contributed by atoms with Crippen LogP contribution in [0, 0.1) is 0 Å². The smallest absolute Gasteiger partial charge is 0.262 e. The van der Waals surface area contributed by atoms with Gasteiger partial charge in [0, 0.05) is 12.1 Å². The summed E-state index contributed by atoms with van der Waals surface area (Å²) in [7, 11) is 0. The normalized spacial score (nSPS) is 25.8. The van der Waals surface area contributed by atoms with Crippen LogP contribution in [0.15, 0.2) is 36.0 Å². The lowest BCUT2D eigenvalue weighted by Gasteiger charge is -2.28. The molecule has 0 aliphatic carbocycles. The molecule has 2 aliphatic rings. The molecule has 2 rings (SSSR count). The van der Waals surface area contributed by atoms with Gasteiger partial charge in [-0.1, -0.05) is 32.6 Å². The summed E-state index contributed by atoms with van der Waals surface area (Å²) in [4.78, 5) is 37.4. The summed E-state index contributed by atoms with van der Waals surface area (Å²) in [5, 5.41) is 2.69. The maximum Gasteiger partial charge on any atom is 0.262 e. The summed E-state index contributed by atoms with van der Waals surface area (Å²) in [5.41, 5.74) is 0.643. The van der Waals surface area contributed by atoms with Gasteiger partial charge in [0.25, 0.3) is 11.8 Å². The Kier molecular flexibility index (Phi) is 6.09. The number of nitrogens with one attached hydrogen (secondary N) is 1. The molecule has 1 atom stereocenters. The van der Waals surface area contributed by atoms with E-state index in [1.165, 1.54) is 12.2 Å². The van der Waals surface area contributed by atoms with Crippen molar-refractivity contribution in [2.45, 2.75) is 39.7 Å². The molecule has 1 N–H and O–H groups in total. The zero-order chi connectivity index (χ0) is 16.0. The van der Waals surface area contributed by atoms with Crippen molar-refractivity contribution in [2.24, 2.45) is 0 Å². The number of amides is 3. The first-order valence-electron chi connectivity index (χ1n) is 7.26.